The molecule has 1 aliphatic rings. The van der Waals surface area contributed by atoms with Crippen LogP contribution in [0, 0.1) is 11.8 Å². The molecule has 0 radical (unpaired) electrons. The van der Waals surface area contributed by atoms with Crippen LogP contribution in [0.3, 0.4) is 0 Å². The Hall–Kier alpha value is -3.58. The van der Waals surface area contributed by atoms with Crippen molar-refractivity contribution in [1.29, 1.82) is 0 Å². The van der Waals surface area contributed by atoms with Crippen LogP contribution in [0.15, 0.2) is 36.8 Å². The first-order chi connectivity index (χ1) is 16.9. The van der Waals surface area contributed by atoms with E-state index in [4.69, 9.17) is 16.7 Å². The van der Waals surface area contributed by atoms with Crippen molar-refractivity contribution < 1.29 is 4.79 Å². The van der Waals surface area contributed by atoms with Crippen LogP contribution in [-0.2, 0) is 17.6 Å². The number of fused-ring (bicyclic) bond motifs is 3. The van der Waals surface area contributed by atoms with Crippen molar-refractivity contribution in [3.05, 3.63) is 58.6 Å². The van der Waals surface area contributed by atoms with Gasteiger partial charge in [0.2, 0.25) is 5.91 Å². The first-order valence-corrected chi connectivity index (χ1v) is 12.2. The molecule has 1 N–H and O–H groups in total. The molecular formula is C25H22ClN7OS. The number of carbonyl (C=O) groups is 1. The Morgan fingerprint density at radius 2 is 2.14 bits per heavy atom. The number of halogens is 1. The summed E-state index contributed by atoms with van der Waals surface area (Å²) in [7, 11) is 3.96. The van der Waals surface area contributed by atoms with Crippen molar-refractivity contribution in [2.24, 2.45) is 0 Å². The Balaban J connectivity index is 1.66. The molecule has 0 saturated heterocycles. The molecule has 1 aliphatic carbocycles. The summed E-state index contributed by atoms with van der Waals surface area (Å²) in [5.74, 6) is 6.13. The van der Waals surface area contributed by atoms with E-state index in [9.17, 15) is 4.79 Å². The van der Waals surface area contributed by atoms with Crippen LogP contribution in [0.4, 0.5) is 5.13 Å². The minimum absolute atomic E-state index is 0.154. The fourth-order valence-electron chi connectivity index (χ4n) is 3.93. The lowest BCUT2D eigenvalue weighted by Crippen LogP contribution is -2.10. The van der Waals surface area contributed by atoms with Gasteiger partial charge in [-0.15, -0.1) is 0 Å². The highest BCUT2D eigenvalue weighted by Gasteiger charge is 2.30. The minimum Gasteiger partial charge on any atom is -0.302 e. The van der Waals surface area contributed by atoms with Gasteiger partial charge in [0.05, 0.1) is 39.7 Å². The van der Waals surface area contributed by atoms with E-state index in [1.807, 2.05) is 41.9 Å². The number of aryl methyl sites for hydroxylation is 1. The lowest BCUT2D eigenvalue weighted by molar-refractivity contribution is -0.114. The average Bonchev–Trinajstić information content (AvgIpc) is 3.40. The van der Waals surface area contributed by atoms with Gasteiger partial charge in [0.15, 0.2) is 5.13 Å². The molecule has 1 amide bonds. The van der Waals surface area contributed by atoms with Crippen molar-refractivity contribution in [3.63, 3.8) is 0 Å². The molecule has 0 unspecified atom stereocenters. The molecule has 0 fully saturated rings. The molecule has 176 valence electrons. The number of amides is 1. The third-order valence-electron chi connectivity index (χ3n) is 5.40. The van der Waals surface area contributed by atoms with E-state index >= 15 is 0 Å². The molecule has 3 aromatic heterocycles. The number of anilines is 1. The molecule has 8 nitrogen and oxygen atoms in total. The molecule has 5 rings (SSSR count). The van der Waals surface area contributed by atoms with Gasteiger partial charge < -0.3 is 5.32 Å². The van der Waals surface area contributed by atoms with Crippen LogP contribution in [-0.4, -0.2) is 56.2 Å². The zero-order valence-electron chi connectivity index (χ0n) is 19.5. The van der Waals surface area contributed by atoms with Gasteiger partial charge in [-0.05, 0) is 45.1 Å². The summed E-state index contributed by atoms with van der Waals surface area (Å²) in [6.07, 6.45) is 6.49. The maximum Gasteiger partial charge on any atom is 0.223 e. The van der Waals surface area contributed by atoms with Crippen LogP contribution >= 0.6 is 22.9 Å². The number of hydrogen-bond acceptors (Lipinski definition) is 7. The molecule has 35 heavy (non-hydrogen) atoms. The Bertz CT molecular complexity index is 1480. The predicted octanol–water partition coefficient (Wildman–Crippen LogP) is 4.08. The molecule has 0 spiro atoms. The van der Waals surface area contributed by atoms with Crippen LogP contribution in [0.2, 0.25) is 5.02 Å². The summed E-state index contributed by atoms with van der Waals surface area (Å²) >= 11 is 8.20. The van der Waals surface area contributed by atoms with Crippen LogP contribution in [0.25, 0.3) is 27.6 Å². The van der Waals surface area contributed by atoms with Gasteiger partial charge in [0.1, 0.15) is 11.4 Å². The lowest BCUT2D eigenvalue weighted by atomic mass is 9.96. The summed E-state index contributed by atoms with van der Waals surface area (Å²) < 4.78 is 1.85. The summed E-state index contributed by atoms with van der Waals surface area (Å²) in [5.41, 5.74) is 5.93. The summed E-state index contributed by atoms with van der Waals surface area (Å²) in [6, 6.07) is 5.73. The minimum atomic E-state index is -0.154. The number of rotatable bonds is 4. The molecule has 10 heteroatoms. The Morgan fingerprint density at radius 3 is 2.86 bits per heavy atom. The number of benzene rings is 1. The Kier molecular flexibility index (Phi) is 6.34. The second-order valence-corrected chi connectivity index (χ2v) is 9.77. The topological polar surface area (TPSA) is 88.8 Å². The average molecular weight is 504 g/mol. The van der Waals surface area contributed by atoms with Gasteiger partial charge in [-0.25, -0.2) is 9.67 Å². The monoisotopic (exact) mass is 503 g/mol. The van der Waals surface area contributed by atoms with Gasteiger partial charge in [0.25, 0.3) is 0 Å². The Morgan fingerprint density at radius 1 is 1.29 bits per heavy atom. The molecule has 3 heterocycles. The number of nitrogens with zero attached hydrogens (tertiary/aromatic N) is 6. The fourth-order valence-corrected chi connectivity index (χ4v) is 5.31. The standard InChI is InChI=1S/C25H22ClN7OS/c1-15(34)29-25-30-19-8-7-17-22(20-14-27-10-11-28-20)31-33(23(17)24(19)35-25)21-9-6-16(13-18(21)26)5-4-12-32(2)3/h6,9-11,13-14H,7-8,12H2,1-3H3,(H,29,30,34). The van der Waals surface area contributed by atoms with Crippen molar-refractivity contribution in [2.75, 3.05) is 26.0 Å². The zero-order chi connectivity index (χ0) is 24.5. The SMILES string of the molecule is CC(=O)Nc1nc2c(s1)-c1c(c(-c3cnccn3)nn1-c1ccc(C#CCN(C)C)cc1Cl)CC2. The normalized spacial score (nSPS) is 12.0. The quantitative estimate of drug-likeness (QED) is 0.422. The van der Waals surface area contributed by atoms with Crippen molar-refractivity contribution >= 4 is 34.0 Å². The van der Waals surface area contributed by atoms with Gasteiger partial charge >= 0.3 is 0 Å². The number of thiazole rings is 1. The van der Waals surface area contributed by atoms with Gasteiger partial charge in [-0.2, -0.15) is 5.10 Å². The van der Waals surface area contributed by atoms with Crippen molar-refractivity contribution in [1.82, 2.24) is 29.6 Å². The number of carbonyl (C=O) groups excluding carboxylic acids is 1. The second kappa shape index (κ2) is 9.58. The smallest absolute Gasteiger partial charge is 0.223 e. The van der Waals surface area contributed by atoms with Crippen molar-refractivity contribution in [3.8, 4) is 39.5 Å². The first kappa shape index (κ1) is 23.2. The molecule has 0 atom stereocenters. The summed E-state index contributed by atoms with van der Waals surface area (Å²) in [4.78, 5) is 28.0. The molecule has 1 aromatic carbocycles. The third-order valence-corrected chi connectivity index (χ3v) is 6.72. The van der Waals surface area contributed by atoms with E-state index in [1.165, 1.54) is 18.3 Å². The van der Waals surface area contributed by atoms with Crippen LogP contribution in [0.5, 0.6) is 0 Å². The molecular weight excluding hydrogens is 482 g/mol. The third kappa shape index (κ3) is 4.68. The van der Waals surface area contributed by atoms with Gasteiger partial charge in [-0.3, -0.25) is 19.7 Å². The van der Waals surface area contributed by atoms with Gasteiger partial charge in [0, 0.05) is 30.4 Å². The highest BCUT2D eigenvalue weighted by molar-refractivity contribution is 7.19. The maximum absolute atomic E-state index is 11.6. The molecule has 0 saturated carbocycles. The second-order valence-electron chi connectivity index (χ2n) is 8.36. The number of nitrogens with one attached hydrogen (secondary N) is 1. The lowest BCUT2D eigenvalue weighted by Gasteiger charge is -2.15. The maximum atomic E-state index is 11.6. The highest BCUT2D eigenvalue weighted by atomic mass is 35.5. The van der Waals surface area contributed by atoms with Crippen LogP contribution in [0.1, 0.15) is 23.7 Å². The first-order valence-electron chi connectivity index (χ1n) is 11.0. The van der Waals surface area contributed by atoms with Gasteiger partial charge in [-0.1, -0.05) is 34.8 Å². The molecule has 0 aliphatic heterocycles. The van der Waals surface area contributed by atoms with Crippen molar-refractivity contribution in [2.45, 2.75) is 19.8 Å². The van der Waals surface area contributed by atoms with Crippen LogP contribution < -0.4 is 5.32 Å². The predicted molar refractivity (Wildman–Crippen MR) is 138 cm³/mol. The number of hydrogen-bond donors (Lipinski definition) is 1. The molecule has 0 bridgehead atoms. The zero-order valence-corrected chi connectivity index (χ0v) is 21.0. The summed E-state index contributed by atoms with van der Waals surface area (Å²) in [6.45, 7) is 2.14. The van der Waals surface area contributed by atoms with E-state index in [2.05, 4.69) is 32.1 Å². The Labute approximate surface area is 212 Å². The highest BCUT2D eigenvalue weighted by Crippen LogP contribution is 2.44. The largest absolute Gasteiger partial charge is 0.302 e. The molecule has 4 aromatic rings. The van der Waals surface area contributed by atoms with E-state index in [-0.39, 0.29) is 5.91 Å². The van der Waals surface area contributed by atoms with E-state index in [1.54, 1.807) is 18.6 Å². The fraction of sp³-hybridized carbons (Fsp3) is 0.240. The van der Waals surface area contributed by atoms with E-state index in [0.29, 0.717) is 22.4 Å². The summed E-state index contributed by atoms with van der Waals surface area (Å²) in [5, 5.41) is 8.87. The number of aromatic nitrogens is 5. The van der Waals surface area contributed by atoms with E-state index < -0.39 is 0 Å². The van der Waals surface area contributed by atoms with E-state index in [0.717, 1.165) is 51.6 Å².